The Hall–Kier alpha value is -2.51. The molecule has 2 aromatic rings. The normalized spacial score (nSPS) is 17.7. The largest absolute Gasteiger partial charge is 0.378 e. The van der Waals surface area contributed by atoms with Crippen LogP contribution < -0.4 is 15.5 Å². The number of para-hydroxylation sites is 1. The van der Waals surface area contributed by atoms with Crippen molar-refractivity contribution in [1.82, 2.24) is 15.3 Å². The average Bonchev–Trinajstić information content (AvgIpc) is 2.81. The summed E-state index contributed by atoms with van der Waals surface area (Å²) in [6.45, 7) is 3.72. The summed E-state index contributed by atoms with van der Waals surface area (Å²) >= 11 is 0. The van der Waals surface area contributed by atoms with Crippen molar-refractivity contribution >= 4 is 17.5 Å². The van der Waals surface area contributed by atoms with Crippen LogP contribution in [0, 0.1) is 0 Å². The summed E-state index contributed by atoms with van der Waals surface area (Å²) in [6.07, 6.45) is 8.80. The van der Waals surface area contributed by atoms with E-state index in [-0.39, 0.29) is 5.91 Å². The molecule has 2 heterocycles. The average molecular weight is 410 g/mol. The number of nitrogens with zero attached hydrogens (tertiary/aromatic N) is 3. The van der Waals surface area contributed by atoms with E-state index >= 15 is 0 Å². The van der Waals surface area contributed by atoms with E-state index in [2.05, 4.69) is 20.5 Å². The van der Waals surface area contributed by atoms with Gasteiger partial charge in [0, 0.05) is 44.0 Å². The fourth-order valence-electron chi connectivity index (χ4n) is 4.12. The standard InChI is InChI=1S/C23H31N5O2/c29-22(26-19-9-5-2-6-10-19)20-17-25-23(28-13-15-30-16-14-28)27-21(20)11-12-24-18-7-3-1-4-8-18/h2,5-6,9-10,17-18,24H,1,3-4,7-8,11-16H2,(H,26,29). The molecule has 2 fully saturated rings. The Morgan fingerprint density at radius 2 is 1.87 bits per heavy atom. The lowest BCUT2D eigenvalue weighted by atomic mass is 9.95. The Kier molecular flexibility index (Phi) is 7.26. The first-order valence-corrected chi connectivity index (χ1v) is 11.1. The molecule has 160 valence electrons. The van der Waals surface area contributed by atoms with Crippen LogP contribution in [0.4, 0.5) is 11.6 Å². The highest BCUT2D eigenvalue weighted by molar-refractivity contribution is 6.04. The number of carbonyl (C=O) groups is 1. The monoisotopic (exact) mass is 409 g/mol. The minimum absolute atomic E-state index is 0.164. The number of ether oxygens (including phenoxy) is 1. The van der Waals surface area contributed by atoms with Gasteiger partial charge in [0.25, 0.3) is 5.91 Å². The molecule has 0 radical (unpaired) electrons. The van der Waals surface area contributed by atoms with E-state index in [4.69, 9.17) is 9.72 Å². The van der Waals surface area contributed by atoms with Crippen LogP contribution in [0.2, 0.25) is 0 Å². The van der Waals surface area contributed by atoms with Crippen molar-refractivity contribution in [2.24, 2.45) is 0 Å². The third-order valence-corrected chi connectivity index (χ3v) is 5.83. The highest BCUT2D eigenvalue weighted by Crippen LogP contribution is 2.19. The zero-order chi connectivity index (χ0) is 20.6. The number of morpholine rings is 1. The second-order valence-electron chi connectivity index (χ2n) is 7.99. The summed E-state index contributed by atoms with van der Waals surface area (Å²) in [7, 11) is 0. The molecule has 2 N–H and O–H groups in total. The number of hydrogen-bond acceptors (Lipinski definition) is 6. The van der Waals surface area contributed by atoms with Gasteiger partial charge >= 0.3 is 0 Å². The maximum Gasteiger partial charge on any atom is 0.259 e. The van der Waals surface area contributed by atoms with E-state index < -0.39 is 0 Å². The van der Waals surface area contributed by atoms with Gasteiger partial charge in [-0.15, -0.1) is 0 Å². The molecule has 0 bridgehead atoms. The molecule has 1 saturated heterocycles. The molecular weight excluding hydrogens is 378 g/mol. The molecule has 1 aromatic heterocycles. The molecule has 0 spiro atoms. The van der Waals surface area contributed by atoms with Gasteiger partial charge in [0.15, 0.2) is 0 Å². The van der Waals surface area contributed by atoms with Crippen molar-refractivity contribution in [2.45, 2.75) is 44.6 Å². The number of amides is 1. The molecule has 1 amide bonds. The van der Waals surface area contributed by atoms with Gasteiger partial charge < -0.3 is 20.3 Å². The second kappa shape index (κ2) is 10.5. The molecule has 4 rings (SSSR count). The van der Waals surface area contributed by atoms with Gasteiger partial charge in [0.2, 0.25) is 5.95 Å². The predicted octanol–water partition coefficient (Wildman–Crippen LogP) is 3.03. The van der Waals surface area contributed by atoms with Gasteiger partial charge in [0.1, 0.15) is 0 Å². The predicted molar refractivity (Wildman–Crippen MR) is 118 cm³/mol. The van der Waals surface area contributed by atoms with E-state index in [0.29, 0.717) is 37.2 Å². The smallest absolute Gasteiger partial charge is 0.259 e. The molecule has 0 atom stereocenters. The zero-order valence-corrected chi connectivity index (χ0v) is 17.5. The summed E-state index contributed by atoms with van der Waals surface area (Å²) in [5, 5.41) is 6.62. The number of nitrogens with one attached hydrogen (secondary N) is 2. The SMILES string of the molecule is O=C(Nc1ccccc1)c1cnc(N2CCOCC2)nc1CCNC1CCCCC1. The first-order chi connectivity index (χ1) is 14.8. The Bertz CT molecular complexity index is 818. The topological polar surface area (TPSA) is 79.4 Å². The lowest BCUT2D eigenvalue weighted by Gasteiger charge is -2.27. The minimum Gasteiger partial charge on any atom is -0.378 e. The van der Waals surface area contributed by atoms with Crippen molar-refractivity contribution in [3.63, 3.8) is 0 Å². The van der Waals surface area contributed by atoms with E-state index in [9.17, 15) is 4.79 Å². The lowest BCUT2D eigenvalue weighted by Crippen LogP contribution is -2.38. The van der Waals surface area contributed by atoms with Crippen molar-refractivity contribution in [3.8, 4) is 0 Å². The zero-order valence-electron chi connectivity index (χ0n) is 17.5. The second-order valence-corrected chi connectivity index (χ2v) is 7.99. The molecule has 1 aliphatic heterocycles. The lowest BCUT2D eigenvalue weighted by molar-refractivity contribution is 0.102. The molecular formula is C23H31N5O2. The van der Waals surface area contributed by atoms with Crippen LogP contribution in [0.1, 0.15) is 48.2 Å². The Morgan fingerprint density at radius 3 is 2.63 bits per heavy atom. The van der Waals surface area contributed by atoms with Gasteiger partial charge in [-0.2, -0.15) is 0 Å². The molecule has 2 aliphatic rings. The number of rotatable bonds is 7. The van der Waals surface area contributed by atoms with Crippen molar-refractivity contribution in [1.29, 1.82) is 0 Å². The quantitative estimate of drug-likeness (QED) is 0.732. The fraction of sp³-hybridized carbons (Fsp3) is 0.522. The third kappa shape index (κ3) is 5.55. The fourth-order valence-corrected chi connectivity index (χ4v) is 4.12. The molecule has 0 unspecified atom stereocenters. The Balaban J connectivity index is 1.48. The van der Waals surface area contributed by atoms with Crippen molar-refractivity contribution in [3.05, 3.63) is 47.8 Å². The van der Waals surface area contributed by atoms with Crippen LogP contribution in [0.3, 0.4) is 0 Å². The third-order valence-electron chi connectivity index (χ3n) is 5.83. The number of aromatic nitrogens is 2. The van der Waals surface area contributed by atoms with E-state index in [1.165, 1.54) is 32.1 Å². The summed E-state index contributed by atoms with van der Waals surface area (Å²) in [5.41, 5.74) is 2.11. The van der Waals surface area contributed by atoms with Crippen LogP contribution >= 0.6 is 0 Å². The van der Waals surface area contributed by atoms with Gasteiger partial charge in [0.05, 0.1) is 24.5 Å². The molecule has 7 nitrogen and oxygen atoms in total. The van der Waals surface area contributed by atoms with Gasteiger partial charge in [-0.1, -0.05) is 37.5 Å². The van der Waals surface area contributed by atoms with Crippen LogP contribution in [-0.2, 0) is 11.2 Å². The highest BCUT2D eigenvalue weighted by Gasteiger charge is 2.20. The maximum atomic E-state index is 12.9. The summed E-state index contributed by atoms with van der Waals surface area (Å²) < 4.78 is 5.44. The minimum atomic E-state index is -0.164. The first kappa shape index (κ1) is 20.8. The van der Waals surface area contributed by atoms with Gasteiger partial charge in [-0.25, -0.2) is 9.97 Å². The molecule has 1 aliphatic carbocycles. The van der Waals surface area contributed by atoms with Crippen LogP contribution in [0.5, 0.6) is 0 Å². The van der Waals surface area contributed by atoms with Crippen LogP contribution in [0.15, 0.2) is 36.5 Å². The van der Waals surface area contributed by atoms with E-state index in [1.54, 1.807) is 6.20 Å². The number of benzene rings is 1. The molecule has 1 aromatic carbocycles. The summed E-state index contributed by atoms with van der Waals surface area (Å²) in [4.78, 5) is 24.4. The number of hydrogen-bond donors (Lipinski definition) is 2. The molecule has 7 heteroatoms. The molecule has 30 heavy (non-hydrogen) atoms. The summed E-state index contributed by atoms with van der Waals surface area (Å²) in [6, 6.07) is 10.1. The van der Waals surface area contributed by atoms with Crippen molar-refractivity contribution in [2.75, 3.05) is 43.1 Å². The van der Waals surface area contributed by atoms with E-state index in [1.807, 2.05) is 30.3 Å². The van der Waals surface area contributed by atoms with Crippen molar-refractivity contribution < 1.29 is 9.53 Å². The van der Waals surface area contributed by atoms with Crippen LogP contribution in [-0.4, -0.2) is 54.8 Å². The van der Waals surface area contributed by atoms with E-state index in [0.717, 1.165) is 31.0 Å². The first-order valence-electron chi connectivity index (χ1n) is 11.1. The number of carbonyl (C=O) groups excluding carboxylic acids is 1. The number of anilines is 2. The van der Waals surface area contributed by atoms with Crippen LogP contribution in [0.25, 0.3) is 0 Å². The van der Waals surface area contributed by atoms with Gasteiger partial charge in [-0.3, -0.25) is 4.79 Å². The Labute approximate surface area is 178 Å². The van der Waals surface area contributed by atoms with Gasteiger partial charge in [-0.05, 0) is 25.0 Å². The Morgan fingerprint density at radius 1 is 1.10 bits per heavy atom. The highest BCUT2D eigenvalue weighted by atomic mass is 16.5. The maximum absolute atomic E-state index is 12.9. The summed E-state index contributed by atoms with van der Waals surface area (Å²) in [5.74, 6) is 0.518. The molecule has 1 saturated carbocycles.